The lowest BCUT2D eigenvalue weighted by atomic mass is 9.74. The van der Waals surface area contributed by atoms with E-state index < -0.39 is 5.92 Å². The van der Waals surface area contributed by atoms with E-state index in [9.17, 15) is 10.1 Å². The molecule has 6 heteroatoms. The first-order valence-electron chi connectivity index (χ1n) is 13.2. The molecule has 3 aromatic rings. The summed E-state index contributed by atoms with van der Waals surface area (Å²) in [4.78, 5) is 15.5. The van der Waals surface area contributed by atoms with E-state index in [-0.39, 0.29) is 5.78 Å². The van der Waals surface area contributed by atoms with Crippen LogP contribution in [0.15, 0.2) is 83.3 Å². The minimum atomic E-state index is -0.480. The average Bonchev–Trinajstić information content (AvgIpc) is 2.92. The van der Waals surface area contributed by atoms with Crippen molar-refractivity contribution >= 4 is 34.8 Å². The molecule has 1 atom stereocenters. The summed E-state index contributed by atoms with van der Waals surface area (Å²) >= 11 is 8.34. The number of thioether (sulfide) groups is 1. The molecule has 0 spiro atoms. The summed E-state index contributed by atoms with van der Waals surface area (Å²) in [5.41, 5.74) is 16.3. The molecule has 1 unspecified atom stereocenters. The van der Waals surface area contributed by atoms with Gasteiger partial charge in [-0.1, -0.05) is 60.1 Å². The summed E-state index contributed by atoms with van der Waals surface area (Å²) in [5.74, 6) is 1.75. The number of Topliss-reactive ketones (excluding diaryl/α,β-unsaturated/α-hetero) is 1. The molecule has 0 aromatic heterocycles. The Morgan fingerprint density at radius 2 is 1.79 bits per heavy atom. The number of carbonyl (C=O) groups is 1. The molecular weight excluding hydrogens is 522 g/mol. The SMILES string of the molecule is Cc1cc(C)c(C2C(C#N)=C(N)N(c3cccc(Cl)c3C)C3=C2C(=O)CCC3)cc1CSCc1ccccc1. The Kier molecular flexibility index (Phi) is 7.88. The van der Waals surface area contributed by atoms with Crippen LogP contribution in [0.3, 0.4) is 0 Å². The first-order chi connectivity index (χ1) is 18.8. The fourth-order valence-corrected chi connectivity index (χ4v) is 6.98. The molecule has 0 bridgehead atoms. The van der Waals surface area contributed by atoms with Crippen molar-refractivity contribution in [3.05, 3.63) is 122 Å². The Balaban J connectivity index is 1.60. The third-order valence-electron chi connectivity index (χ3n) is 7.80. The van der Waals surface area contributed by atoms with E-state index in [4.69, 9.17) is 17.3 Å². The first-order valence-corrected chi connectivity index (χ1v) is 14.8. The molecule has 0 radical (unpaired) electrons. The van der Waals surface area contributed by atoms with Gasteiger partial charge in [-0.2, -0.15) is 17.0 Å². The summed E-state index contributed by atoms with van der Waals surface area (Å²) in [6.45, 7) is 6.14. The van der Waals surface area contributed by atoms with E-state index in [0.717, 1.165) is 46.0 Å². The Hall–Kier alpha value is -3.46. The lowest BCUT2D eigenvalue weighted by Gasteiger charge is -2.40. The van der Waals surface area contributed by atoms with Crippen LogP contribution in [0.5, 0.6) is 0 Å². The lowest BCUT2D eigenvalue weighted by Crippen LogP contribution is -2.39. The van der Waals surface area contributed by atoms with Crippen LogP contribution in [-0.2, 0) is 16.3 Å². The molecule has 0 fully saturated rings. The van der Waals surface area contributed by atoms with Crippen molar-refractivity contribution in [1.82, 2.24) is 0 Å². The molecule has 3 aromatic carbocycles. The molecule has 0 saturated heterocycles. The number of halogens is 1. The number of benzene rings is 3. The number of carbonyl (C=O) groups excluding carboxylic acids is 1. The maximum absolute atomic E-state index is 13.6. The van der Waals surface area contributed by atoms with Crippen LogP contribution in [0.2, 0.25) is 5.02 Å². The van der Waals surface area contributed by atoms with Crippen LogP contribution in [-0.4, -0.2) is 5.78 Å². The number of nitrogens with zero attached hydrogens (tertiary/aromatic N) is 2. The largest absolute Gasteiger partial charge is 0.384 e. The molecular formula is C33H32ClN3OS. The van der Waals surface area contributed by atoms with Crippen LogP contribution in [0.4, 0.5) is 5.69 Å². The van der Waals surface area contributed by atoms with Crippen molar-refractivity contribution in [2.75, 3.05) is 4.90 Å². The molecule has 0 saturated carbocycles. The number of allylic oxidation sites excluding steroid dienone is 3. The molecule has 2 aliphatic rings. The fraction of sp³-hybridized carbons (Fsp3) is 0.273. The van der Waals surface area contributed by atoms with Gasteiger partial charge in [0.05, 0.1) is 23.2 Å². The van der Waals surface area contributed by atoms with Gasteiger partial charge in [-0.05, 0) is 79.1 Å². The lowest BCUT2D eigenvalue weighted by molar-refractivity contribution is -0.116. The van der Waals surface area contributed by atoms with Crippen LogP contribution >= 0.6 is 23.4 Å². The zero-order chi connectivity index (χ0) is 27.7. The highest BCUT2D eigenvalue weighted by Gasteiger charge is 2.41. The Labute approximate surface area is 240 Å². The monoisotopic (exact) mass is 553 g/mol. The minimum Gasteiger partial charge on any atom is -0.384 e. The molecule has 1 aliphatic heterocycles. The second-order valence-electron chi connectivity index (χ2n) is 10.3. The van der Waals surface area contributed by atoms with E-state index in [0.29, 0.717) is 34.8 Å². The van der Waals surface area contributed by atoms with Crippen molar-refractivity contribution in [3.63, 3.8) is 0 Å². The standard InChI is InChI=1S/C33H32ClN3OS/c1-20-15-21(2)25(16-24(20)19-39-18-23-9-5-4-6-10-23)31-26(17-35)33(36)37(28-12-7-11-27(34)22(28)3)29-13-8-14-30(38)32(29)31/h4-7,9-12,15-16,31H,8,13-14,18-19,36H2,1-3H3. The van der Waals surface area contributed by atoms with Crippen LogP contribution in [0.1, 0.15) is 58.6 Å². The highest BCUT2D eigenvalue weighted by molar-refractivity contribution is 7.97. The number of ketones is 1. The molecule has 0 amide bonds. The molecule has 39 heavy (non-hydrogen) atoms. The fourth-order valence-electron chi connectivity index (χ4n) is 5.75. The summed E-state index contributed by atoms with van der Waals surface area (Å²) in [6, 6.07) is 22.9. The summed E-state index contributed by atoms with van der Waals surface area (Å²) in [7, 11) is 0. The topological polar surface area (TPSA) is 70.1 Å². The summed E-state index contributed by atoms with van der Waals surface area (Å²) < 4.78 is 0. The molecule has 1 heterocycles. The van der Waals surface area contributed by atoms with Crippen molar-refractivity contribution < 1.29 is 4.79 Å². The van der Waals surface area contributed by atoms with E-state index in [2.05, 4.69) is 56.3 Å². The van der Waals surface area contributed by atoms with Crippen molar-refractivity contribution in [3.8, 4) is 6.07 Å². The third-order valence-corrected chi connectivity index (χ3v) is 9.26. The van der Waals surface area contributed by atoms with E-state index >= 15 is 0 Å². The number of hydrogen-bond acceptors (Lipinski definition) is 5. The van der Waals surface area contributed by atoms with Gasteiger partial charge in [-0.25, -0.2) is 0 Å². The maximum Gasteiger partial charge on any atom is 0.161 e. The molecule has 5 rings (SSSR count). The zero-order valence-corrected chi connectivity index (χ0v) is 24.1. The van der Waals surface area contributed by atoms with Crippen LogP contribution in [0.25, 0.3) is 0 Å². The smallest absolute Gasteiger partial charge is 0.161 e. The highest BCUT2D eigenvalue weighted by Crippen LogP contribution is 2.48. The second-order valence-corrected chi connectivity index (χ2v) is 11.7. The van der Waals surface area contributed by atoms with Crippen LogP contribution < -0.4 is 10.6 Å². The number of rotatable bonds is 6. The predicted octanol–water partition coefficient (Wildman–Crippen LogP) is 8.00. The Morgan fingerprint density at radius 1 is 1.03 bits per heavy atom. The van der Waals surface area contributed by atoms with Gasteiger partial charge >= 0.3 is 0 Å². The van der Waals surface area contributed by atoms with Gasteiger partial charge < -0.3 is 5.73 Å². The Bertz CT molecular complexity index is 1550. The predicted molar refractivity (Wildman–Crippen MR) is 161 cm³/mol. The van der Waals surface area contributed by atoms with E-state index in [1.54, 1.807) is 0 Å². The highest BCUT2D eigenvalue weighted by atomic mass is 35.5. The number of hydrogen-bond donors (Lipinski definition) is 1. The maximum atomic E-state index is 13.6. The van der Waals surface area contributed by atoms with Gasteiger partial charge in [0, 0.05) is 34.2 Å². The van der Waals surface area contributed by atoms with Gasteiger partial charge in [0.1, 0.15) is 5.82 Å². The van der Waals surface area contributed by atoms with E-state index in [1.807, 2.05) is 47.9 Å². The third kappa shape index (κ3) is 5.12. The first kappa shape index (κ1) is 27.1. The van der Waals surface area contributed by atoms with E-state index in [1.165, 1.54) is 16.7 Å². The number of anilines is 1. The summed E-state index contributed by atoms with van der Waals surface area (Å²) in [6.07, 6.45) is 1.94. The quantitative estimate of drug-likeness (QED) is 0.335. The van der Waals surface area contributed by atoms with Gasteiger partial charge in [0.15, 0.2) is 5.78 Å². The second kappa shape index (κ2) is 11.3. The molecule has 198 valence electrons. The normalized spacial score (nSPS) is 17.4. The number of nitriles is 1. The van der Waals surface area contributed by atoms with Gasteiger partial charge in [0.25, 0.3) is 0 Å². The molecule has 1 aliphatic carbocycles. The average molecular weight is 554 g/mol. The Morgan fingerprint density at radius 3 is 2.54 bits per heavy atom. The van der Waals surface area contributed by atoms with Crippen molar-refractivity contribution in [2.45, 2.75) is 57.5 Å². The van der Waals surface area contributed by atoms with Gasteiger partial charge in [-0.3, -0.25) is 9.69 Å². The summed E-state index contributed by atoms with van der Waals surface area (Å²) in [5, 5.41) is 11.1. The van der Waals surface area contributed by atoms with Gasteiger partial charge in [-0.15, -0.1) is 0 Å². The number of nitrogens with two attached hydrogens (primary N) is 1. The van der Waals surface area contributed by atoms with Crippen LogP contribution in [0, 0.1) is 32.1 Å². The van der Waals surface area contributed by atoms with Gasteiger partial charge in [0.2, 0.25) is 0 Å². The zero-order valence-electron chi connectivity index (χ0n) is 22.6. The van der Waals surface area contributed by atoms with Crippen molar-refractivity contribution in [1.29, 1.82) is 5.26 Å². The van der Waals surface area contributed by atoms with Crippen molar-refractivity contribution in [2.24, 2.45) is 5.73 Å². The molecule has 2 N–H and O–H groups in total. The minimum absolute atomic E-state index is 0.0890. The molecule has 4 nitrogen and oxygen atoms in total. The number of aryl methyl sites for hydroxylation is 2.